The van der Waals surface area contributed by atoms with Gasteiger partial charge in [0.2, 0.25) is 6.79 Å². The van der Waals surface area contributed by atoms with E-state index in [1.807, 2.05) is 6.07 Å². The van der Waals surface area contributed by atoms with Gasteiger partial charge in [-0.25, -0.2) is 0 Å². The third kappa shape index (κ3) is 3.70. The maximum Gasteiger partial charge on any atom is 0.316 e. The number of rotatable bonds is 6. The highest BCUT2D eigenvalue weighted by Gasteiger charge is 2.17. The Morgan fingerprint density at radius 1 is 1.00 bits per heavy atom. The van der Waals surface area contributed by atoms with Crippen molar-refractivity contribution in [2.24, 2.45) is 0 Å². The number of hydrogen-bond donors (Lipinski definition) is 0. The van der Waals surface area contributed by atoms with Gasteiger partial charge in [0.15, 0.2) is 23.9 Å². The fourth-order valence-corrected chi connectivity index (χ4v) is 3.88. The van der Waals surface area contributed by atoms with Crippen LogP contribution in [0.15, 0.2) is 41.3 Å². The summed E-state index contributed by atoms with van der Waals surface area (Å²) in [6, 6.07) is 11.3. The lowest BCUT2D eigenvalue weighted by molar-refractivity contribution is -0.139. The summed E-state index contributed by atoms with van der Waals surface area (Å²) >= 11 is 1.44. The Kier molecular flexibility index (Phi) is 4.84. The van der Waals surface area contributed by atoms with Crippen LogP contribution >= 0.6 is 11.8 Å². The topological polar surface area (TPSA) is 61.8 Å². The molecule has 0 saturated carbocycles. The first-order valence-electron chi connectivity index (χ1n) is 8.52. The van der Waals surface area contributed by atoms with E-state index in [9.17, 15) is 9.59 Å². The molecule has 0 aromatic heterocycles. The highest BCUT2D eigenvalue weighted by Crippen LogP contribution is 2.32. The number of carbonyl (C=O) groups excluding carboxylic acids is 2. The molecule has 5 nitrogen and oxygen atoms in total. The molecule has 6 heteroatoms. The lowest BCUT2D eigenvalue weighted by Gasteiger charge is -2.06. The third-order valence-corrected chi connectivity index (χ3v) is 5.45. The number of ether oxygens (including phenoxy) is 3. The van der Waals surface area contributed by atoms with Gasteiger partial charge < -0.3 is 14.2 Å². The highest BCUT2D eigenvalue weighted by atomic mass is 32.2. The van der Waals surface area contributed by atoms with Crippen LogP contribution in [0.2, 0.25) is 0 Å². The van der Waals surface area contributed by atoms with Gasteiger partial charge in [0.25, 0.3) is 0 Å². The van der Waals surface area contributed by atoms with Crippen LogP contribution < -0.4 is 9.47 Å². The molecule has 0 amide bonds. The number of thioether (sulfide) groups is 1. The van der Waals surface area contributed by atoms with Crippen LogP contribution in [0.3, 0.4) is 0 Å². The summed E-state index contributed by atoms with van der Waals surface area (Å²) in [6.45, 7) is -0.120. The number of benzene rings is 2. The number of aryl methyl sites for hydroxylation is 2. The zero-order chi connectivity index (χ0) is 17.9. The molecule has 1 heterocycles. The molecule has 1 aliphatic carbocycles. The Labute approximate surface area is 155 Å². The van der Waals surface area contributed by atoms with E-state index in [-0.39, 0.29) is 24.9 Å². The molecule has 0 radical (unpaired) electrons. The highest BCUT2D eigenvalue weighted by molar-refractivity contribution is 8.00. The van der Waals surface area contributed by atoms with E-state index < -0.39 is 5.97 Å². The van der Waals surface area contributed by atoms with Crippen LogP contribution in [0, 0.1) is 0 Å². The van der Waals surface area contributed by atoms with Crippen molar-refractivity contribution < 1.29 is 23.8 Å². The monoisotopic (exact) mass is 370 g/mol. The number of ketones is 1. The van der Waals surface area contributed by atoms with Gasteiger partial charge in [-0.2, -0.15) is 0 Å². The van der Waals surface area contributed by atoms with E-state index in [1.54, 1.807) is 18.2 Å². The molecule has 0 saturated heterocycles. The Morgan fingerprint density at radius 2 is 1.85 bits per heavy atom. The first-order valence-corrected chi connectivity index (χ1v) is 9.51. The molecule has 0 unspecified atom stereocenters. The largest absolute Gasteiger partial charge is 0.457 e. The molecule has 2 aromatic carbocycles. The average molecular weight is 370 g/mol. The van der Waals surface area contributed by atoms with Crippen molar-refractivity contribution in [2.45, 2.75) is 24.2 Å². The lowest BCUT2D eigenvalue weighted by Crippen LogP contribution is -2.15. The molecule has 0 fully saturated rings. The van der Waals surface area contributed by atoms with Crippen molar-refractivity contribution >= 4 is 23.5 Å². The van der Waals surface area contributed by atoms with E-state index in [2.05, 4.69) is 12.1 Å². The molecule has 0 N–H and O–H groups in total. The molecule has 0 bridgehead atoms. The molecule has 2 aliphatic rings. The zero-order valence-corrected chi connectivity index (χ0v) is 15.0. The molecular formula is C20H18O5S. The van der Waals surface area contributed by atoms with Crippen molar-refractivity contribution in [1.29, 1.82) is 0 Å². The quantitative estimate of drug-likeness (QED) is 0.441. The minimum absolute atomic E-state index is 0.155. The smallest absolute Gasteiger partial charge is 0.316 e. The molecule has 0 spiro atoms. The number of fused-ring (bicyclic) bond motifs is 2. The van der Waals surface area contributed by atoms with E-state index >= 15 is 0 Å². The summed E-state index contributed by atoms with van der Waals surface area (Å²) < 4.78 is 15.6. The molecule has 4 rings (SSSR count). The fraction of sp³-hybridized carbons (Fsp3) is 0.300. The molecule has 134 valence electrons. The first-order chi connectivity index (χ1) is 12.7. The normalized spacial score (nSPS) is 14.2. The second-order valence-corrected chi connectivity index (χ2v) is 7.27. The average Bonchev–Trinajstić information content (AvgIpc) is 3.32. The fourth-order valence-electron chi connectivity index (χ4n) is 3.12. The number of esters is 1. The van der Waals surface area contributed by atoms with Gasteiger partial charge in [-0.1, -0.05) is 6.07 Å². The predicted octanol–water partition coefficient (Wildman–Crippen LogP) is 3.42. The number of carbonyl (C=O) groups is 2. The zero-order valence-electron chi connectivity index (χ0n) is 14.2. The van der Waals surface area contributed by atoms with Crippen LogP contribution in [-0.2, 0) is 22.4 Å². The van der Waals surface area contributed by atoms with Gasteiger partial charge >= 0.3 is 5.97 Å². The molecule has 1 aliphatic heterocycles. The molecular weight excluding hydrogens is 352 g/mol. The third-order valence-electron chi connectivity index (χ3n) is 4.49. The number of Topliss-reactive ketones (excluding diaryl/α,β-unsaturated/α-hetero) is 1. The van der Waals surface area contributed by atoms with Crippen molar-refractivity contribution in [2.75, 3.05) is 19.2 Å². The SMILES string of the molecule is O=C(CSc1ccc2c(c1)CCC2)OCC(=O)c1ccc2c(c1)OCO2. The Balaban J connectivity index is 1.26. The summed E-state index contributed by atoms with van der Waals surface area (Å²) in [5.74, 6) is 0.676. The lowest BCUT2D eigenvalue weighted by atomic mass is 10.1. The minimum atomic E-state index is -0.399. The Bertz CT molecular complexity index is 861. The maximum atomic E-state index is 12.2. The van der Waals surface area contributed by atoms with Gasteiger partial charge in [0.05, 0.1) is 5.75 Å². The second-order valence-electron chi connectivity index (χ2n) is 6.22. The van der Waals surface area contributed by atoms with Crippen LogP contribution in [0.5, 0.6) is 11.5 Å². The minimum Gasteiger partial charge on any atom is -0.457 e. The van der Waals surface area contributed by atoms with Crippen molar-refractivity contribution in [3.05, 3.63) is 53.1 Å². The van der Waals surface area contributed by atoms with Crippen molar-refractivity contribution in [3.63, 3.8) is 0 Å². The van der Waals surface area contributed by atoms with Crippen LogP contribution in [0.4, 0.5) is 0 Å². The second kappa shape index (κ2) is 7.41. The predicted molar refractivity (Wildman–Crippen MR) is 97.0 cm³/mol. The van der Waals surface area contributed by atoms with Crippen molar-refractivity contribution in [3.8, 4) is 11.5 Å². The van der Waals surface area contributed by atoms with Gasteiger partial charge in [-0.15, -0.1) is 11.8 Å². The van der Waals surface area contributed by atoms with Crippen LogP contribution in [0.1, 0.15) is 27.9 Å². The molecule has 2 aromatic rings. The van der Waals surface area contributed by atoms with Gasteiger partial charge in [-0.3, -0.25) is 9.59 Å². The van der Waals surface area contributed by atoms with Crippen LogP contribution in [-0.4, -0.2) is 30.9 Å². The summed E-state index contributed by atoms with van der Waals surface area (Å²) in [5.41, 5.74) is 3.22. The maximum absolute atomic E-state index is 12.2. The summed E-state index contributed by atoms with van der Waals surface area (Å²) in [4.78, 5) is 25.2. The van der Waals surface area contributed by atoms with Crippen molar-refractivity contribution in [1.82, 2.24) is 0 Å². The summed E-state index contributed by atoms with van der Waals surface area (Å²) in [6.07, 6.45) is 3.45. The van der Waals surface area contributed by atoms with E-state index in [4.69, 9.17) is 14.2 Å². The van der Waals surface area contributed by atoms with E-state index in [1.165, 1.54) is 29.3 Å². The van der Waals surface area contributed by atoms with Crippen LogP contribution in [0.25, 0.3) is 0 Å². The van der Waals surface area contributed by atoms with Gasteiger partial charge in [-0.05, 0) is 60.7 Å². The summed E-state index contributed by atoms with van der Waals surface area (Å²) in [5, 5.41) is 0. The Morgan fingerprint density at radius 3 is 2.77 bits per heavy atom. The van der Waals surface area contributed by atoms with Gasteiger partial charge in [0, 0.05) is 10.5 Å². The number of hydrogen-bond acceptors (Lipinski definition) is 6. The van der Waals surface area contributed by atoms with E-state index in [0.29, 0.717) is 17.1 Å². The van der Waals surface area contributed by atoms with E-state index in [0.717, 1.165) is 17.7 Å². The molecule has 26 heavy (non-hydrogen) atoms. The summed E-state index contributed by atoms with van der Waals surface area (Å²) in [7, 11) is 0. The first kappa shape index (κ1) is 17.0. The Hall–Kier alpha value is -2.47. The molecule has 0 atom stereocenters. The van der Waals surface area contributed by atoms with Gasteiger partial charge in [0.1, 0.15) is 0 Å². The standard InChI is InChI=1S/C20H18O5S/c21-17(15-5-7-18-19(9-15)25-12-24-18)10-23-20(22)11-26-16-6-4-13-2-1-3-14(13)8-16/h4-9H,1-3,10-12H2.